The fourth-order valence-corrected chi connectivity index (χ4v) is 3.19. The molecule has 4 nitrogen and oxygen atoms in total. The lowest BCUT2D eigenvalue weighted by Gasteiger charge is -2.32. The van der Waals surface area contributed by atoms with Gasteiger partial charge in [0.2, 0.25) is 5.91 Å². The van der Waals surface area contributed by atoms with Crippen molar-refractivity contribution in [2.75, 3.05) is 13.2 Å². The summed E-state index contributed by atoms with van der Waals surface area (Å²) in [4.78, 5) is 12.6. The van der Waals surface area contributed by atoms with Crippen molar-refractivity contribution in [2.24, 2.45) is 11.3 Å². The van der Waals surface area contributed by atoms with Crippen LogP contribution in [0.3, 0.4) is 0 Å². The summed E-state index contributed by atoms with van der Waals surface area (Å²) in [6.45, 7) is 7.17. The summed E-state index contributed by atoms with van der Waals surface area (Å²) in [7, 11) is 0. The molecule has 1 saturated heterocycles. The number of benzene rings is 1. The van der Waals surface area contributed by atoms with Crippen molar-refractivity contribution < 1.29 is 19.0 Å². The normalized spacial score (nSPS) is 18.9. The van der Waals surface area contributed by atoms with Gasteiger partial charge in [-0.3, -0.25) is 4.79 Å². The van der Waals surface area contributed by atoms with Crippen LogP contribution >= 0.6 is 0 Å². The van der Waals surface area contributed by atoms with Crippen LogP contribution in [0.15, 0.2) is 24.3 Å². The van der Waals surface area contributed by atoms with Crippen molar-refractivity contribution in [1.82, 2.24) is 5.32 Å². The van der Waals surface area contributed by atoms with Crippen LogP contribution in [0.4, 0.5) is 4.39 Å². The van der Waals surface area contributed by atoms with Crippen molar-refractivity contribution in [2.45, 2.75) is 52.2 Å². The van der Waals surface area contributed by atoms with Crippen molar-refractivity contribution in [1.29, 1.82) is 0 Å². The number of amides is 1. The topological polar surface area (TPSA) is 58.6 Å². The largest absolute Gasteiger partial charge is 0.386 e. The van der Waals surface area contributed by atoms with Crippen molar-refractivity contribution in [3.05, 3.63) is 35.6 Å². The Hall–Kier alpha value is -1.46. The molecule has 5 heteroatoms. The first kappa shape index (κ1) is 18.9. The summed E-state index contributed by atoms with van der Waals surface area (Å²) in [6, 6.07) is 5.24. The van der Waals surface area contributed by atoms with Gasteiger partial charge in [-0.2, -0.15) is 0 Å². The molecule has 0 spiro atoms. The molecular weight excluding hydrogens is 309 g/mol. The Bertz CT molecular complexity index is 538. The average molecular weight is 337 g/mol. The minimum Gasteiger partial charge on any atom is -0.386 e. The number of rotatable bonds is 6. The highest BCUT2D eigenvalue weighted by Gasteiger charge is 2.33. The molecule has 1 amide bonds. The summed E-state index contributed by atoms with van der Waals surface area (Å²) < 4.78 is 18.3. The summed E-state index contributed by atoms with van der Waals surface area (Å²) in [5, 5.41) is 13.3. The van der Waals surface area contributed by atoms with Gasteiger partial charge >= 0.3 is 0 Å². The molecule has 1 aromatic carbocycles. The van der Waals surface area contributed by atoms with Gasteiger partial charge in [0.1, 0.15) is 5.82 Å². The standard InChI is InChI=1S/C19H28FNO3/c1-13(17(22)15-4-6-16(20)7-5-15)21-18(23)19(2,3)12-14-8-10-24-11-9-14/h4-7,13-14,17,22H,8-12H2,1-3H3,(H,21,23). The van der Waals surface area contributed by atoms with Crippen molar-refractivity contribution in [3.63, 3.8) is 0 Å². The molecule has 1 aliphatic rings. The molecule has 1 heterocycles. The number of nitrogens with one attached hydrogen (secondary N) is 1. The molecule has 0 bridgehead atoms. The Balaban J connectivity index is 1.92. The highest BCUT2D eigenvalue weighted by molar-refractivity contribution is 5.82. The highest BCUT2D eigenvalue weighted by Crippen LogP contribution is 2.31. The van der Waals surface area contributed by atoms with E-state index in [0.29, 0.717) is 11.5 Å². The molecule has 1 fully saturated rings. The van der Waals surface area contributed by atoms with Gasteiger partial charge in [-0.1, -0.05) is 26.0 Å². The fourth-order valence-electron chi connectivity index (χ4n) is 3.19. The molecule has 0 aliphatic carbocycles. The zero-order valence-electron chi connectivity index (χ0n) is 14.7. The van der Waals surface area contributed by atoms with Gasteiger partial charge in [-0.15, -0.1) is 0 Å². The van der Waals surface area contributed by atoms with Crippen LogP contribution in [0, 0.1) is 17.2 Å². The van der Waals surface area contributed by atoms with Crippen molar-refractivity contribution >= 4 is 5.91 Å². The van der Waals surface area contributed by atoms with Gasteiger partial charge in [-0.05, 0) is 49.8 Å². The van der Waals surface area contributed by atoms with E-state index in [0.717, 1.165) is 32.5 Å². The second kappa shape index (κ2) is 8.08. The van der Waals surface area contributed by atoms with Gasteiger partial charge in [0.25, 0.3) is 0 Å². The third kappa shape index (κ3) is 5.02. The molecule has 2 N–H and O–H groups in total. The first-order valence-corrected chi connectivity index (χ1v) is 8.62. The minimum absolute atomic E-state index is 0.0670. The van der Waals surface area contributed by atoms with Gasteiger partial charge in [0.05, 0.1) is 12.1 Å². The Kier molecular flexibility index (Phi) is 6.35. The molecule has 0 radical (unpaired) electrons. The molecule has 0 aromatic heterocycles. The number of halogens is 1. The quantitative estimate of drug-likeness (QED) is 0.838. The van der Waals surface area contributed by atoms with Gasteiger partial charge < -0.3 is 15.2 Å². The first-order chi connectivity index (χ1) is 11.3. The Morgan fingerprint density at radius 3 is 2.50 bits per heavy atom. The Labute approximate surface area is 143 Å². The number of aliphatic hydroxyl groups is 1. The lowest BCUT2D eigenvalue weighted by atomic mass is 9.79. The summed E-state index contributed by atoms with van der Waals surface area (Å²) in [6.07, 6.45) is 1.92. The molecule has 1 aliphatic heterocycles. The second-order valence-corrected chi connectivity index (χ2v) is 7.40. The second-order valence-electron chi connectivity index (χ2n) is 7.40. The van der Waals surface area contributed by atoms with E-state index in [1.807, 2.05) is 13.8 Å². The van der Waals surface area contributed by atoms with Crippen LogP contribution in [0.5, 0.6) is 0 Å². The molecular formula is C19H28FNO3. The summed E-state index contributed by atoms with van der Waals surface area (Å²) in [5.74, 6) is 0.0831. The van der Waals surface area contributed by atoms with Gasteiger partial charge in [-0.25, -0.2) is 4.39 Å². The maximum Gasteiger partial charge on any atom is 0.225 e. The summed E-state index contributed by atoms with van der Waals surface area (Å²) >= 11 is 0. The van der Waals surface area contributed by atoms with E-state index >= 15 is 0 Å². The number of carbonyl (C=O) groups excluding carboxylic acids is 1. The summed E-state index contributed by atoms with van der Waals surface area (Å²) in [5.41, 5.74) is 0.0881. The van der Waals surface area contributed by atoms with Gasteiger partial charge in [0.15, 0.2) is 0 Å². The maximum absolute atomic E-state index is 13.0. The fraction of sp³-hybridized carbons (Fsp3) is 0.632. The monoisotopic (exact) mass is 337 g/mol. The smallest absolute Gasteiger partial charge is 0.225 e. The molecule has 1 aromatic rings. The number of hydrogen-bond acceptors (Lipinski definition) is 3. The molecule has 2 rings (SSSR count). The van der Waals surface area contributed by atoms with E-state index in [1.165, 1.54) is 24.3 Å². The number of carbonyl (C=O) groups is 1. The predicted molar refractivity (Wildman–Crippen MR) is 90.9 cm³/mol. The number of hydrogen-bond donors (Lipinski definition) is 2. The molecule has 134 valence electrons. The van der Waals surface area contributed by atoms with E-state index in [4.69, 9.17) is 4.74 Å². The van der Waals surface area contributed by atoms with E-state index in [9.17, 15) is 14.3 Å². The Morgan fingerprint density at radius 2 is 1.92 bits per heavy atom. The van der Waals surface area contributed by atoms with Crippen LogP contribution < -0.4 is 5.32 Å². The molecule has 2 atom stereocenters. The van der Waals surface area contributed by atoms with E-state index in [-0.39, 0.29) is 11.7 Å². The first-order valence-electron chi connectivity index (χ1n) is 8.62. The minimum atomic E-state index is -0.867. The number of aliphatic hydroxyl groups excluding tert-OH is 1. The Morgan fingerprint density at radius 1 is 1.33 bits per heavy atom. The third-order valence-corrected chi connectivity index (χ3v) is 4.80. The zero-order chi connectivity index (χ0) is 17.7. The molecule has 0 saturated carbocycles. The van der Waals surface area contributed by atoms with E-state index < -0.39 is 17.6 Å². The van der Waals surface area contributed by atoms with E-state index in [2.05, 4.69) is 5.32 Å². The SMILES string of the molecule is CC(NC(=O)C(C)(C)CC1CCOCC1)C(O)c1ccc(F)cc1. The van der Waals surface area contributed by atoms with Crippen LogP contribution in [0.2, 0.25) is 0 Å². The third-order valence-electron chi connectivity index (χ3n) is 4.80. The van der Waals surface area contributed by atoms with Crippen molar-refractivity contribution in [3.8, 4) is 0 Å². The van der Waals surface area contributed by atoms with Crippen LogP contribution in [-0.4, -0.2) is 30.3 Å². The molecule has 24 heavy (non-hydrogen) atoms. The van der Waals surface area contributed by atoms with E-state index in [1.54, 1.807) is 6.92 Å². The number of ether oxygens (including phenoxy) is 1. The van der Waals surface area contributed by atoms with Crippen LogP contribution in [-0.2, 0) is 9.53 Å². The van der Waals surface area contributed by atoms with Gasteiger partial charge in [0, 0.05) is 18.6 Å². The lowest BCUT2D eigenvalue weighted by molar-refractivity contribution is -0.132. The highest BCUT2D eigenvalue weighted by atomic mass is 19.1. The maximum atomic E-state index is 13.0. The van der Waals surface area contributed by atoms with Crippen LogP contribution in [0.25, 0.3) is 0 Å². The predicted octanol–water partition coefficient (Wildman–Crippen LogP) is 3.21. The molecule has 2 unspecified atom stereocenters. The van der Waals surface area contributed by atoms with Crippen LogP contribution in [0.1, 0.15) is 51.7 Å². The zero-order valence-corrected chi connectivity index (χ0v) is 14.7. The average Bonchev–Trinajstić information content (AvgIpc) is 2.55. The lowest BCUT2D eigenvalue weighted by Crippen LogP contribution is -2.45.